The maximum absolute atomic E-state index is 12.7. The highest BCUT2D eigenvalue weighted by Gasteiger charge is 2.26. The average molecular weight is 312 g/mol. The highest BCUT2D eigenvalue weighted by atomic mass is 16.5. The molecule has 0 aliphatic carbocycles. The number of likely N-dealkylation sites (N-methyl/N-ethyl adjacent to an activating group) is 1. The number of nitrogens with zero attached hydrogens (tertiary/aromatic N) is 3. The van der Waals surface area contributed by atoms with Crippen LogP contribution in [0.3, 0.4) is 0 Å². The summed E-state index contributed by atoms with van der Waals surface area (Å²) >= 11 is 0. The van der Waals surface area contributed by atoms with Gasteiger partial charge in [0.15, 0.2) is 11.4 Å². The molecule has 0 unspecified atom stereocenters. The largest absolute Gasteiger partial charge is 0.486 e. The van der Waals surface area contributed by atoms with Gasteiger partial charge in [0.05, 0.1) is 0 Å². The zero-order valence-electron chi connectivity index (χ0n) is 13.1. The molecule has 0 aromatic carbocycles. The summed E-state index contributed by atoms with van der Waals surface area (Å²) in [5.74, 6) is 0.399. The number of carbonyl (C=O) groups is 1. The molecular weight excluding hydrogens is 292 g/mol. The van der Waals surface area contributed by atoms with Gasteiger partial charge < -0.3 is 15.0 Å². The predicted octanol–water partition coefficient (Wildman–Crippen LogP) is 1.49. The fourth-order valence-corrected chi connectivity index (χ4v) is 2.61. The summed E-state index contributed by atoms with van der Waals surface area (Å²) in [6, 6.07) is 7.53. The lowest BCUT2D eigenvalue weighted by atomic mass is 10.2. The number of rotatable bonds is 5. The molecule has 6 heteroatoms. The van der Waals surface area contributed by atoms with E-state index in [0.717, 1.165) is 25.1 Å². The average Bonchev–Trinajstić information content (AvgIpc) is 3.14. The van der Waals surface area contributed by atoms with Crippen LogP contribution in [0.5, 0.6) is 5.75 Å². The molecule has 120 valence electrons. The molecule has 6 nitrogen and oxygen atoms in total. The topological polar surface area (TPSA) is 67.4 Å². The van der Waals surface area contributed by atoms with E-state index in [-0.39, 0.29) is 11.9 Å². The Morgan fingerprint density at radius 2 is 2.17 bits per heavy atom. The molecule has 2 aromatic rings. The van der Waals surface area contributed by atoms with E-state index >= 15 is 0 Å². The first kappa shape index (κ1) is 15.4. The van der Waals surface area contributed by atoms with Crippen LogP contribution in [-0.2, 0) is 6.61 Å². The Balaban J connectivity index is 1.73. The number of nitrogens with one attached hydrogen (secondary N) is 1. The number of pyridine rings is 2. The van der Waals surface area contributed by atoms with Crippen LogP contribution in [0.1, 0.15) is 22.5 Å². The first-order valence-corrected chi connectivity index (χ1v) is 7.70. The molecule has 23 heavy (non-hydrogen) atoms. The Morgan fingerprint density at radius 1 is 1.35 bits per heavy atom. The number of amides is 1. The summed E-state index contributed by atoms with van der Waals surface area (Å²) in [5.41, 5.74) is 1.35. The van der Waals surface area contributed by atoms with Gasteiger partial charge in [-0.05, 0) is 42.8 Å². The van der Waals surface area contributed by atoms with Crippen molar-refractivity contribution < 1.29 is 9.53 Å². The second kappa shape index (κ2) is 7.19. The summed E-state index contributed by atoms with van der Waals surface area (Å²) in [5, 5.41) is 3.27. The van der Waals surface area contributed by atoms with Crippen molar-refractivity contribution in [3.8, 4) is 5.75 Å². The van der Waals surface area contributed by atoms with Crippen LogP contribution < -0.4 is 10.1 Å². The van der Waals surface area contributed by atoms with Crippen LogP contribution in [0.4, 0.5) is 0 Å². The van der Waals surface area contributed by atoms with Gasteiger partial charge >= 0.3 is 0 Å². The third-order valence-electron chi connectivity index (χ3n) is 4.02. The summed E-state index contributed by atoms with van der Waals surface area (Å²) in [6.45, 7) is 2.14. The van der Waals surface area contributed by atoms with E-state index < -0.39 is 0 Å². The van der Waals surface area contributed by atoms with Gasteiger partial charge in [-0.3, -0.25) is 9.78 Å². The molecule has 0 radical (unpaired) electrons. The van der Waals surface area contributed by atoms with Gasteiger partial charge in [0.25, 0.3) is 5.91 Å². The Kier molecular flexibility index (Phi) is 4.83. The Morgan fingerprint density at radius 3 is 2.91 bits per heavy atom. The second-order valence-corrected chi connectivity index (χ2v) is 5.56. The molecule has 1 fully saturated rings. The predicted molar refractivity (Wildman–Crippen MR) is 86.2 cm³/mol. The Hall–Kier alpha value is -2.47. The fraction of sp³-hybridized carbons (Fsp3) is 0.353. The third kappa shape index (κ3) is 3.65. The molecule has 1 N–H and O–H groups in total. The van der Waals surface area contributed by atoms with Crippen LogP contribution in [0.2, 0.25) is 0 Å². The van der Waals surface area contributed by atoms with E-state index in [1.54, 1.807) is 35.6 Å². The van der Waals surface area contributed by atoms with Crippen molar-refractivity contribution in [2.75, 3.05) is 20.1 Å². The van der Waals surface area contributed by atoms with Crippen molar-refractivity contribution in [2.24, 2.45) is 0 Å². The zero-order valence-corrected chi connectivity index (χ0v) is 13.1. The molecular formula is C17H20N4O2. The summed E-state index contributed by atoms with van der Waals surface area (Å²) in [6.07, 6.45) is 6.01. The van der Waals surface area contributed by atoms with Crippen LogP contribution in [0, 0.1) is 0 Å². The summed E-state index contributed by atoms with van der Waals surface area (Å²) in [4.78, 5) is 22.7. The normalized spacial score (nSPS) is 17.0. The van der Waals surface area contributed by atoms with Gasteiger partial charge in [0, 0.05) is 38.2 Å². The van der Waals surface area contributed by atoms with Gasteiger partial charge in [0.2, 0.25) is 0 Å². The molecule has 1 atom stereocenters. The Labute approximate surface area is 135 Å². The van der Waals surface area contributed by atoms with Crippen LogP contribution in [0.25, 0.3) is 0 Å². The quantitative estimate of drug-likeness (QED) is 0.906. The lowest BCUT2D eigenvalue weighted by Gasteiger charge is -2.24. The number of hydrogen-bond donors (Lipinski definition) is 1. The lowest BCUT2D eigenvalue weighted by molar-refractivity contribution is 0.0732. The minimum Gasteiger partial charge on any atom is -0.486 e. The summed E-state index contributed by atoms with van der Waals surface area (Å²) < 4.78 is 5.80. The highest BCUT2D eigenvalue weighted by Crippen LogP contribution is 2.20. The number of hydrogen-bond acceptors (Lipinski definition) is 5. The third-order valence-corrected chi connectivity index (χ3v) is 4.02. The minimum atomic E-state index is -0.107. The number of carbonyl (C=O) groups excluding carboxylic acids is 1. The fourth-order valence-electron chi connectivity index (χ4n) is 2.61. The molecule has 1 saturated heterocycles. The van der Waals surface area contributed by atoms with Crippen molar-refractivity contribution in [3.63, 3.8) is 0 Å². The van der Waals surface area contributed by atoms with Crippen molar-refractivity contribution in [1.29, 1.82) is 0 Å². The maximum atomic E-state index is 12.7. The first-order chi connectivity index (χ1) is 11.3. The molecule has 3 rings (SSSR count). The van der Waals surface area contributed by atoms with Crippen molar-refractivity contribution in [1.82, 2.24) is 20.2 Å². The highest BCUT2D eigenvalue weighted by molar-refractivity contribution is 5.95. The van der Waals surface area contributed by atoms with Gasteiger partial charge in [-0.2, -0.15) is 0 Å². The molecule has 0 spiro atoms. The monoisotopic (exact) mass is 312 g/mol. The SMILES string of the molecule is CN(C(=O)c1ncccc1OCc1ccncc1)[C@@H]1CCNC1. The molecule has 0 saturated carbocycles. The smallest absolute Gasteiger partial charge is 0.276 e. The second-order valence-electron chi connectivity index (χ2n) is 5.56. The molecule has 1 aliphatic rings. The van der Waals surface area contributed by atoms with E-state index in [0.29, 0.717) is 18.1 Å². The molecule has 3 heterocycles. The molecule has 0 bridgehead atoms. The summed E-state index contributed by atoms with van der Waals surface area (Å²) in [7, 11) is 1.82. The van der Waals surface area contributed by atoms with Gasteiger partial charge in [0.1, 0.15) is 6.61 Å². The van der Waals surface area contributed by atoms with E-state index in [4.69, 9.17) is 4.74 Å². The lowest BCUT2D eigenvalue weighted by Crippen LogP contribution is -2.38. The van der Waals surface area contributed by atoms with E-state index in [2.05, 4.69) is 15.3 Å². The van der Waals surface area contributed by atoms with Crippen LogP contribution in [0.15, 0.2) is 42.9 Å². The Bertz CT molecular complexity index is 657. The van der Waals surface area contributed by atoms with Gasteiger partial charge in [-0.25, -0.2) is 4.98 Å². The van der Waals surface area contributed by atoms with Crippen LogP contribution >= 0.6 is 0 Å². The van der Waals surface area contributed by atoms with Crippen molar-refractivity contribution in [3.05, 3.63) is 54.1 Å². The molecule has 2 aromatic heterocycles. The first-order valence-electron chi connectivity index (χ1n) is 7.70. The van der Waals surface area contributed by atoms with E-state index in [9.17, 15) is 4.79 Å². The van der Waals surface area contributed by atoms with Crippen molar-refractivity contribution >= 4 is 5.91 Å². The number of ether oxygens (including phenoxy) is 1. The number of aromatic nitrogens is 2. The molecule has 1 aliphatic heterocycles. The molecule has 1 amide bonds. The van der Waals surface area contributed by atoms with Gasteiger partial charge in [-0.1, -0.05) is 0 Å². The van der Waals surface area contributed by atoms with Crippen LogP contribution in [-0.4, -0.2) is 47.0 Å². The van der Waals surface area contributed by atoms with Crippen molar-refractivity contribution in [2.45, 2.75) is 19.1 Å². The zero-order chi connectivity index (χ0) is 16.1. The van der Waals surface area contributed by atoms with Gasteiger partial charge in [-0.15, -0.1) is 0 Å². The minimum absolute atomic E-state index is 0.107. The maximum Gasteiger partial charge on any atom is 0.276 e. The van der Waals surface area contributed by atoms with E-state index in [1.165, 1.54) is 0 Å². The van der Waals surface area contributed by atoms with E-state index in [1.807, 2.05) is 19.2 Å². The standard InChI is InChI=1S/C17H20N4O2/c1-21(14-6-10-19-11-14)17(22)16-15(3-2-7-20-16)23-12-13-4-8-18-9-5-13/h2-5,7-9,14,19H,6,10-12H2,1H3/t14-/m1/s1.